The summed E-state index contributed by atoms with van der Waals surface area (Å²) in [5, 5.41) is 9.08. The summed E-state index contributed by atoms with van der Waals surface area (Å²) in [6.07, 6.45) is 7.00. The van der Waals surface area contributed by atoms with Crippen molar-refractivity contribution in [3.8, 4) is 0 Å². The molecular formula is C22H32N2O5S. The number of amides is 1. The second-order valence-corrected chi connectivity index (χ2v) is 10.4. The third-order valence-corrected chi connectivity index (χ3v) is 7.87. The summed E-state index contributed by atoms with van der Waals surface area (Å²) in [5.74, 6) is -0.857. The molecule has 2 aliphatic heterocycles. The van der Waals surface area contributed by atoms with Gasteiger partial charge >= 0.3 is 5.97 Å². The van der Waals surface area contributed by atoms with Crippen LogP contribution in [0, 0.1) is 0 Å². The Morgan fingerprint density at radius 1 is 1.13 bits per heavy atom. The van der Waals surface area contributed by atoms with Crippen LogP contribution in [0.15, 0.2) is 23.1 Å². The highest BCUT2D eigenvalue weighted by molar-refractivity contribution is 7.91. The van der Waals surface area contributed by atoms with Crippen LogP contribution >= 0.6 is 0 Å². The van der Waals surface area contributed by atoms with Crippen LogP contribution in [0.4, 0.5) is 5.69 Å². The summed E-state index contributed by atoms with van der Waals surface area (Å²) < 4.78 is 25.4. The Bertz CT molecular complexity index is 884. The van der Waals surface area contributed by atoms with E-state index in [-0.39, 0.29) is 18.2 Å². The number of likely N-dealkylation sites (tertiary alicyclic amines) is 1. The lowest BCUT2D eigenvalue weighted by molar-refractivity contribution is -0.139. The third kappa shape index (κ3) is 5.21. The van der Waals surface area contributed by atoms with Crippen molar-refractivity contribution < 1.29 is 23.1 Å². The van der Waals surface area contributed by atoms with Gasteiger partial charge in [-0.15, -0.1) is 0 Å². The van der Waals surface area contributed by atoms with E-state index >= 15 is 0 Å². The number of carbonyl (C=O) groups is 2. The highest BCUT2D eigenvalue weighted by Gasteiger charge is 2.37. The summed E-state index contributed by atoms with van der Waals surface area (Å²) in [7, 11) is -3.32. The SMILES string of the molecule is CCCCCCCS(=O)(=O)c1ccc2c(c1)CCN2C(=O)[C@H]1CCCN1CC(=O)O. The van der Waals surface area contributed by atoms with Crippen LogP contribution in [-0.2, 0) is 25.8 Å². The van der Waals surface area contributed by atoms with Crippen LogP contribution in [0.3, 0.4) is 0 Å². The molecule has 0 unspecified atom stereocenters. The second kappa shape index (κ2) is 9.92. The van der Waals surface area contributed by atoms with Gasteiger partial charge in [0.25, 0.3) is 0 Å². The summed E-state index contributed by atoms with van der Waals surface area (Å²) in [5.41, 5.74) is 1.63. The molecule has 1 amide bonds. The number of aliphatic carboxylic acids is 1. The molecular weight excluding hydrogens is 404 g/mol. The molecule has 0 bridgehead atoms. The minimum absolute atomic E-state index is 0.0842. The van der Waals surface area contributed by atoms with Crippen molar-refractivity contribution in [2.24, 2.45) is 0 Å². The molecule has 1 aromatic carbocycles. The number of nitrogens with zero attached hydrogens (tertiary/aromatic N) is 2. The van der Waals surface area contributed by atoms with Crippen molar-refractivity contribution >= 4 is 27.4 Å². The van der Waals surface area contributed by atoms with Crippen molar-refractivity contribution in [1.82, 2.24) is 4.90 Å². The van der Waals surface area contributed by atoms with Crippen molar-refractivity contribution in [2.45, 2.75) is 69.2 Å². The van der Waals surface area contributed by atoms with E-state index in [9.17, 15) is 18.0 Å². The van der Waals surface area contributed by atoms with Gasteiger partial charge in [0.15, 0.2) is 9.84 Å². The zero-order valence-electron chi connectivity index (χ0n) is 17.7. The number of sulfone groups is 1. The largest absolute Gasteiger partial charge is 0.480 e. The van der Waals surface area contributed by atoms with E-state index in [4.69, 9.17) is 5.11 Å². The molecule has 1 N–H and O–H groups in total. The number of hydrogen-bond acceptors (Lipinski definition) is 5. The predicted molar refractivity (Wildman–Crippen MR) is 116 cm³/mol. The van der Waals surface area contributed by atoms with Gasteiger partial charge in [-0.3, -0.25) is 14.5 Å². The van der Waals surface area contributed by atoms with Gasteiger partial charge in [-0.2, -0.15) is 0 Å². The van der Waals surface area contributed by atoms with Crippen LogP contribution < -0.4 is 4.90 Å². The predicted octanol–water partition coefficient (Wildman–Crippen LogP) is 2.87. The average Bonchev–Trinajstić information content (AvgIpc) is 3.33. The number of fused-ring (bicyclic) bond motifs is 1. The van der Waals surface area contributed by atoms with Crippen molar-refractivity contribution in [3.05, 3.63) is 23.8 Å². The van der Waals surface area contributed by atoms with Gasteiger partial charge in [0, 0.05) is 12.2 Å². The van der Waals surface area contributed by atoms with Gasteiger partial charge in [0.05, 0.1) is 23.2 Å². The highest BCUT2D eigenvalue weighted by Crippen LogP contribution is 2.33. The van der Waals surface area contributed by atoms with Crippen LogP contribution in [-0.4, -0.2) is 61.7 Å². The molecule has 1 atom stereocenters. The Balaban J connectivity index is 1.68. The minimum Gasteiger partial charge on any atom is -0.480 e. The number of carboxylic acid groups (broad SMARTS) is 1. The molecule has 1 fully saturated rings. The van der Waals surface area contributed by atoms with E-state index in [0.717, 1.165) is 43.4 Å². The standard InChI is InChI=1S/C22H32N2O5S/c1-2-3-4-5-6-14-30(28,29)18-9-10-19-17(15-18)11-13-24(19)22(27)20-8-7-12-23(20)16-21(25)26/h9-10,15,20H,2-8,11-14,16H2,1H3,(H,25,26)/t20-/m1/s1. The lowest BCUT2D eigenvalue weighted by Crippen LogP contribution is -2.46. The molecule has 1 aromatic rings. The number of rotatable bonds is 10. The molecule has 0 aromatic heterocycles. The third-order valence-electron chi connectivity index (χ3n) is 6.08. The Hall–Kier alpha value is -1.93. The Morgan fingerprint density at radius 3 is 2.63 bits per heavy atom. The molecule has 0 radical (unpaired) electrons. The van der Waals surface area contributed by atoms with Gasteiger partial charge < -0.3 is 10.0 Å². The molecule has 1 saturated heterocycles. The van der Waals surface area contributed by atoms with Crippen molar-refractivity contribution in [3.63, 3.8) is 0 Å². The first-order valence-electron chi connectivity index (χ1n) is 11.0. The molecule has 8 heteroatoms. The fourth-order valence-electron chi connectivity index (χ4n) is 4.46. The molecule has 0 aliphatic carbocycles. The first-order chi connectivity index (χ1) is 14.3. The Labute approximate surface area is 179 Å². The van der Waals surface area contributed by atoms with E-state index < -0.39 is 21.8 Å². The van der Waals surface area contributed by atoms with Crippen LogP contribution in [0.5, 0.6) is 0 Å². The summed E-state index contributed by atoms with van der Waals surface area (Å²) >= 11 is 0. The monoisotopic (exact) mass is 436 g/mol. The number of anilines is 1. The van der Waals surface area contributed by atoms with E-state index in [0.29, 0.717) is 37.2 Å². The maximum Gasteiger partial charge on any atom is 0.317 e. The zero-order chi connectivity index (χ0) is 21.7. The summed E-state index contributed by atoms with van der Waals surface area (Å²) in [4.78, 5) is 27.9. The van der Waals surface area contributed by atoms with Gasteiger partial charge in [-0.1, -0.05) is 32.6 Å². The van der Waals surface area contributed by atoms with E-state index in [1.165, 1.54) is 0 Å². The first kappa shape index (κ1) is 22.7. The van der Waals surface area contributed by atoms with E-state index in [1.54, 1.807) is 28.0 Å². The Kier molecular flexibility index (Phi) is 7.52. The number of carboxylic acids is 1. The smallest absolute Gasteiger partial charge is 0.317 e. The maximum absolute atomic E-state index is 13.1. The summed E-state index contributed by atoms with van der Waals surface area (Å²) in [6, 6.07) is 4.64. The normalized spacial score (nSPS) is 19.2. The molecule has 7 nitrogen and oxygen atoms in total. The fourth-order valence-corrected chi connectivity index (χ4v) is 5.88. The quantitative estimate of drug-likeness (QED) is 0.567. The van der Waals surface area contributed by atoms with Gasteiger partial charge in [-0.05, 0) is 56.0 Å². The topological polar surface area (TPSA) is 95.0 Å². The number of benzene rings is 1. The van der Waals surface area contributed by atoms with Crippen molar-refractivity contribution in [2.75, 3.05) is 30.3 Å². The van der Waals surface area contributed by atoms with Gasteiger partial charge in [0.2, 0.25) is 5.91 Å². The average molecular weight is 437 g/mol. The van der Waals surface area contributed by atoms with Gasteiger partial charge in [-0.25, -0.2) is 8.42 Å². The molecule has 0 saturated carbocycles. The lowest BCUT2D eigenvalue weighted by Gasteiger charge is -2.27. The number of unbranched alkanes of at least 4 members (excludes halogenated alkanes) is 4. The highest BCUT2D eigenvalue weighted by atomic mass is 32.2. The minimum atomic E-state index is -3.32. The molecule has 2 heterocycles. The zero-order valence-corrected chi connectivity index (χ0v) is 18.5. The lowest BCUT2D eigenvalue weighted by atomic mass is 10.1. The van der Waals surface area contributed by atoms with Gasteiger partial charge in [0.1, 0.15) is 0 Å². The molecule has 3 rings (SSSR count). The van der Waals surface area contributed by atoms with E-state index in [1.807, 2.05) is 0 Å². The molecule has 166 valence electrons. The number of hydrogen-bond donors (Lipinski definition) is 1. The molecule has 0 spiro atoms. The first-order valence-corrected chi connectivity index (χ1v) is 12.6. The van der Waals surface area contributed by atoms with Crippen LogP contribution in [0.25, 0.3) is 0 Å². The van der Waals surface area contributed by atoms with Crippen LogP contribution in [0.1, 0.15) is 57.4 Å². The second-order valence-electron chi connectivity index (χ2n) is 8.29. The van der Waals surface area contributed by atoms with Crippen molar-refractivity contribution in [1.29, 1.82) is 0 Å². The van der Waals surface area contributed by atoms with E-state index in [2.05, 4.69) is 6.92 Å². The maximum atomic E-state index is 13.1. The fraction of sp³-hybridized carbons (Fsp3) is 0.636. The Morgan fingerprint density at radius 2 is 1.90 bits per heavy atom. The van der Waals surface area contributed by atoms with Crippen LogP contribution in [0.2, 0.25) is 0 Å². The molecule has 30 heavy (non-hydrogen) atoms. The number of carbonyl (C=O) groups excluding carboxylic acids is 1. The molecule has 2 aliphatic rings. The summed E-state index contributed by atoms with van der Waals surface area (Å²) in [6.45, 7) is 3.11.